The zero-order chi connectivity index (χ0) is 72.7. The molecule has 2 amide bonds. The summed E-state index contributed by atoms with van der Waals surface area (Å²) in [6, 6.07) is 65.4. The Morgan fingerprint density at radius 3 is 1.34 bits per heavy atom. The molecule has 18 nitrogen and oxygen atoms in total. The predicted molar refractivity (Wildman–Crippen MR) is 421 cm³/mol. The first kappa shape index (κ1) is 72.9. The van der Waals surface area contributed by atoms with Crippen molar-refractivity contribution in [2.75, 3.05) is 133 Å². The normalized spacial score (nSPS) is 14.7. The summed E-state index contributed by atoms with van der Waals surface area (Å²) in [6.07, 6.45) is 1.85. The summed E-state index contributed by atoms with van der Waals surface area (Å²) in [5.74, 6) is 1.83. The highest BCUT2D eigenvalue weighted by Gasteiger charge is 2.30. The third-order valence-electron chi connectivity index (χ3n) is 19.0. The van der Waals surface area contributed by atoms with Gasteiger partial charge in [-0.25, -0.2) is 16.8 Å². The van der Waals surface area contributed by atoms with Crippen LogP contribution in [0.25, 0.3) is 21.5 Å². The van der Waals surface area contributed by atoms with E-state index in [1.165, 1.54) is 22.9 Å². The van der Waals surface area contributed by atoms with Crippen molar-refractivity contribution < 1.29 is 35.9 Å². The molecule has 3 N–H and O–H groups in total. The molecular weight excluding hydrogens is 1350 g/mol. The second kappa shape index (κ2) is 31.8. The molecule has 21 heteroatoms. The summed E-state index contributed by atoms with van der Waals surface area (Å²) >= 11 is 0. The van der Waals surface area contributed by atoms with E-state index in [2.05, 4.69) is 80.6 Å². The third kappa shape index (κ3) is 17.1. The average Bonchev–Trinajstić information content (AvgIpc) is 1.54. The van der Waals surface area contributed by atoms with Crippen molar-refractivity contribution >= 4 is 109 Å². The molecule has 4 aliphatic rings. The molecule has 0 aliphatic carbocycles. The van der Waals surface area contributed by atoms with E-state index in [-0.39, 0.29) is 33.8 Å². The summed E-state index contributed by atoms with van der Waals surface area (Å²) in [5.41, 5.74) is 18.8. The lowest BCUT2D eigenvalue weighted by Gasteiger charge is -2.37. The highest BCUT2D eigenvalue weighted by atomic mass is 35.7. The summed E-state index contributed by atoms with van der Waals surface area (Å²) in [7, 11) is 5.49. The van der Waals surface area contributed by atoms with Gasteiger partial charge < -0.3 is 44.6 Å². The Hall–Kier alpha value is -9.83. The van der Waals surface area contributed by atoms with E-state index in [1.54, 1.807) is 41.3 Å². The van der Waals surface area contributed by atoms with E-state index in [4.69, 9.17) is 25.9 Å². The van der Waals surface area contributed by atoms with Crippen LogP contribution in [-0.4, -0.2) is 144 Å². The SMILES string of the molecule is CC(C)Oc1ccccc1N1CCN(Cc2cccc(C(=O)N3CCc4ccc(N)cc43)c2)CC1.CC(C)Oc1ccccc1N1CCN(Cc2cccc(C(=O)N3CCc4ccc(NS(=O)(=O)c5cccc6c(N(C)C)cccc56)cc43)c2)CC1.CN(C)c1cccc2c(S(=O)(=O)Cl)cccc12. The minimum absolute atomic E-state index is 0.0442. The molecule has 4 heterocycles. The molecule has 2 saturated heterocycles. The molecular formula is C82H91ClN10O8S2. The van der Waals surface area contributed by atoms with Crippen molar-refractivity contribution in [3.63, 3.8) is 0 Å². The first-order valence-corrected chi connectivity index (χ1v) is 38.9. The maximum atomic E-state index is 14.0. The van der Waals surface area contributed by atoms with Crippen LogP contribution in [0, 0.1) is 0 Å². The van der Waals surface area contributed by atoms with Crippen molar-refractivity contribution in [3.05, 3.63) is 240 Å². The van der Waals surface area contributed by atoms with Crippen molar-refractivity contribution in [2.45, 2.75) is 75.6 Å². The van der Waals surface area contributed by atoms with Gasteiger partial charge in [0.05, 0.1) is 39.1 Å². The van der Waals surface area contributed by atoms with E-state index < -0.39 is 19.1 Å². The largest absolute Gasteiger partial charge is 0.489 e. The fourth-order valence-corrected chi connectivity index (χ4v) is 16.5. The number of amides is 2. The first-order valence-electron chi connectivity index (χ1n) is 35.1. The highest BCUT2D eigenvalue weighted by Crippen LogP contribution is 2.38. The number of para-hydroxylation sites is 4. The first-order chi connectivity index (χ1) is 49.5. The van der Waals surface area contributed by atoms with Gasteiger partial charge in [-0.3, -0.25) is 24.1 Å². The monoisotopic (exact) mass is 1440 g/mol. The number of anilines is 8. The van der Waals surface area contributed by atoms with Crippen LogP contribution in [0.5, 0.6) is 11.5 Å². The van der Waals surface area contributed by atoms with Gasteiger partial charge in [0, 0.05) is 179 Å². The number of carbonyl (C=O) groups is 2. The summed E-state index contributed by atoms with van der Waals surface area (Å²) in [5, 5.41) is 3.03. The molecule has 0 saturated carbocycles. The molecule has 4 aliphatic heterocycles. The lowest BCUT2D eigenvalue weighted by Crippen LogP contribution is -2.46. The molecule has 10 aromatic carbocycles. The predicted octanol–water partition coefficient (Wildman–Crippen LogP) is 14.4. The number of halogens is 1. The molecule has 0 radical (unpaired) electrons. The van der Waals surface area contributed by atoms with Gasteiger partial charge in [-0.1, -0.05) is 109 Å². The number of rotatable bonds is 18. The zero-order valence-electron chi connectivity index (χ0n) is 59.8. The second-order valence-electron chi connectivity index (χ2n) is 27.4. The summed E-state index contributed by atoms with van der Waals surface area (Å²) in [4.78, 5) is 44.9. The van der Waals surface area contributed by atoms with Gasteiger partial charge >= 0.3 is 0 Å². The Kier molecular flexibility index (Phi) is 22.5. The number of nitrogens with zero attached hydrogens (tertiary/aromatic N) is 8. The van der Waals surface area contributed by atoms with Crippen molar-refractivity contribution in [3.8, 4) is 11.5 Å². The number of fused-ring (bicyclic) bond motifs is 4. The zero-order valence-corrected chi connectivity index (χ0v) is 62.2. The molecule has 0 spiro atoms. The molecule has 0 unspecified atom stereocenters. The van der Waals surface area contributed by atoms with Gasteiger partial charge in [-0.15, -0.1) is 0 Å². The smallest absolute Gasteiger partial charge is 0.262 e. The van der Waals surface area contributed by atoms with Crippen LogP contribution in [0.3, 0.4) is 0 Å². The van der Waals surface area contributed by atoms with Crippen LogP contribution in [0.1, 0.15) is 70.7 Å². The Balaban J connectivity index is 0.000000165. The van der Waals surface area contributed by atoms with Crippen LogP contribution in [0.2, 0.25) is 0 Å². The highest BCUT2D eigenvalue weighted by molar-refractivity contribution is 8.14. The van der Waals surface area contributed by atoms with Gasteiger partial charge in [0.1, 0.15) is 11.5 Å². The number of hydrogen-bond donors (Lipinski definition) is 2. The number of nitrogens with one attached hydrogen (secondary N) is 1. The maximum Gasteiger partial charge on any atom is 0.262 e. The number of benzene rings is 10. The Labute approximate surface area is 610 Å². The van der Waals surface area contributed by atoms with Crippen LogP contribution in [0.4, 0.5) is 45.5 Å². The van der Waals surface area contributed by atoms with Crippen molar-refractivity contribution in [2.24, 2.45) is 0 Å². The standard InChI is InChI=1S/C41H45N5O4S.C29H34N4O2.C12H12ClNO2S/c1-29(2)50-39-16-6-5-14-37(39)45-24-22-44(23-25-45)28-30-10-7-11-32(26-30)41(47)46-21-20-31-18-19-33(27-38(31)46)42-51(48,49)40-17-9-12-34-35(40)13-8-15-36(34)43(3)4;1-21(2)35-28-9-4-3-8-26(28)32-16-14-31(15-17-32)20-22-6-5-7-24(18-22)29(34)33-13-12-23-10-11-25(30)19-27(23)33;1-14(2)11-7-3-6-10-9(11)5-4-8-12(10)17(13,15)16/h5-19,26-27,29,42H,20-25,28H2,1-4H3;3-11,18-19,21H,12-17,20,30H2,1-2H3;3-8H,1-2H3. The van der Waals surface area contributed by atoms with E-state index in [0.717, 1.165) is 139 Å². The molecule has 10 aromatic rings. The van der Waals surface area contributed by atoms with Crippen LogP contribution >= 0.6 is 10.7 Å². The third-order valence-corrected chi connectivity index (χ3v) is 21.8. The second-order valence-corrected chi connectivity index (χ2v) is 31.6. The van der Waals surface area contributed by atoms with Crippen LogP contribution < -0.4 is 49.3 Å². The van der Waals surface area contributed by atoms with Gasteiger partial charge in [0.25, 0.3) is 30.9 Å². The van der Waals surface area contributed by atoms with E-state index in [1.807, 2.05) is 178 Å². The number of nitrogens with two attached hydrogens (primary N) is 1. The van der Waals surface area contributed by atoms with E-state index >= 15 is 0 Å². The van der Waals surface area contributed by atoms with E-state index in [9.17, 15) is 26.4 Å². The lowest BCUT2D eigenvalue weighted by atomic mass is 10.1. The number of hydrogen-bond acceptors (Lipinski definition) is 15. The minimum atomic E-state index is -3.92. The van der Waals surface area contributed by atoms with E-state index in [0.29, 0.717) is 47.2 Å². The Bertz CT molecular complexity index is 4960. The molecule has 536 valence electrons. The van der Waals surface area contributed by atoms with Crippen molar-refractivity contribution in [1.29, 1.82) is 0 Å². The lowest BCUT2D eigenvalue weighted by molar-refractivity contribution is 0.0981. The van der Waals surface area contributed by atoms with Crippen molar-refractivity contribution in [1.82, 2.24) is 9.80 Å². The van der Waals surface area contributed by atoms with Gasteiger partial charge in [-0.05, 0) is 160 Å². The average molecular weight is 1440 g/mol. The van der Waals surface area contributed by atoms with Gasteiger partial charge in [-0.2, -0.15) is 0 Å². The molecule has 0 atom stereocenters. The molecule has 0 aromatic heterocycles. The molecule has 103 heavy (non-hydrogen) atoms. The number of nitrogen functional groups attached to an aromatic ring is 1. The molecule has 2 fully saturated rings. The molecule has 0 bridgehead atoms. The minimum Gasteiger partial charge on any atom is -0.489 e. The summed E-state index contributed by atoms with van der Waals surface area (Å²) < 4.78 is 65.4. The number of ether oxygens (including phenoxy) is 2. The quantitative estimate of drug-likeness (QED) is 0.0610. The van der Waals surface area contributed by atoms with Gasteiger partial charge in [0.15, 0.2) is 0 Å². The Morgan fingerprint density at radius 2 is 0.874 bits per heavy atom. The maximum absolute atomic E-state index is 14.0. The summed E-state index contributed by atoms with van der Waals surface area (Å²) in [6.45, 7) is 18.5. The number of piperazine rings is 2. The number of carbonyl (C=O) groups excluding carboxylic acids is 2. The van der Waals surface area contributed by atoms with Crippen LogP contribution in [0.15, 0.2) is 216 Å². The molecule has 14 rings (SSSR count). The fourth-order valence-electron chi connectivity index (χ4n) is 14.1. The van der Waals surface area contributed by atoms with Crippen LogP contribution in [-0.2, 0) is 45.0 Å². The number of sulfonamides is 1. The van der Waals surface area contributed by atoms with Gasteiger partial charge in [0.2, 0.25) is 0 Å². The topological polar surface area (TPSA) is 185 Å². The fraction of sp³-hybridized carbons (Fsp3) is 0.293. The Morgan fingerprint density at radius 1 is 0.456 bits per heavy atom.